The molecule has 1 saturated carbocycles. The van der Waals surface area contributed by atoms with E-state index in [0.717, 1.165) is 42.3 Å². The van der Waals surface area contributed by atoms with Gasteiger partial charge in [-0.15, -0.1) is 0 Å². The van der Waals surface area contributed by atoms with Crippen LogP contribution in [0.3, 0.4) is 0 Å². The van der Waals surface area contributed by atoms with Crippen LogP contribution in [0, 0.1) is 5.92 Å². The van der Waals surface area contributed by atoms with Crippen LogP contribution in [0.5, 0.6) is 0 Å². The summed E-state index contributed by atoms with van der Waals surface area (Å²) in [7, 11) is 1.65. The molecule has 0 spiro atoms. The zero-order valence-corrected chi connectivity index (χ0v) is 20.2. The summed E-state index contributed by atoms with van der Waals surface area (Å²) in [6, 6.07) is 5.40. The number of aromatic nitrogens is 3. The molecule has 1 aliphatic carbocycles. The highest BCUT2D eigenvalue weighted by Gasteiger charge is 2.27. The van der Waals surface area contributed by atoms with Gasteiger partial charge in [0.2, 0.25) is 5.91 Å². The first-order chi connectivity index (χ1) is 16.8. The highest BCUT2D eigenvalue weighted by atomic mass is 16.2. The highest BCUT2D eigenvalue weighted by Crippen LogP contribution is 2.30. The number of hydrogen-bond acceptors (Lipinski definition) is 6. The molecule has 0 radical (unpaired) electrons. The molecule has 0 bridgehead atoms. The Morgan fingerprint density at radius 1 is 1.09 bits per heavy atom. The van der Waals surface area contributed by atoms with Crippen molar-refractivity contribution in [3.63, 3.8) is 0 Å². The molecule has 4 rings (SSSR count). The lowest BCUT2D eigenvalue weighted by Crippen LogP contribution is -2.40. The molecule has 0 aliphatic heterocycles. The van der Waals surface area contributed by atoms with Gasteiger partial charge in [-0.05, 0) is 51.7 Å². The lowest BCUT2D eigenvalue weighted by atomic mass is 9.85. The van der Waals surface area contributed by atoms with E-state index in [0.29, 0.717) is 11.3 Å². The topological polar surface area (TPSA) is 144 Å². The number of rotatable bonds is 7. The van der Waals surface area contributed by atoms with Crippen LogP contribution in [-0.2, 0) is 4.79 Å². The van der Waals surface area contributed by atoms with Crippen LogP contribution < -0.4 is 21.7 Å². The Labute approximate surface area is 203 Å². The largest absolute Gasteiger partial charge is 0.380 e. The third kappa shape index (κ3) is 5.26. The fourth-order valence-corrected chi connectivity index (χ4v) is 4.50. The van der Waals surface area contributed by atoms with Crippen LogP contribution in [0.4, 0.5) is 5.69 Å². The molecule has 0 saturated heterocycles. The van der Waals surface area contributed by atoms with Crippen molar-refractivity contribution in [2.45, 2.75) is 51.6 Å². The lowest BCUT2D eigenvalue weighted by molar-refractivity contribution is -0.125. The molecule has 0 unspecified atom stereocenters. The Morgan fingerprint density at radius 2 is 1.83 bits per heavy atom. The maximum atomic E-state index is 13.3. The second kappa shape index (κ2) is 10.1. The molecule has 35 heavy (non-hydrogen) atoms. The van der Waals surface area contributed by atoms with E-state index in [1.807, 2.05) is 26.1 Å². The van der Waals surface area contributed by atoms with Crippen molar-refractivity contribution in [1.29, 1.82) is 0 Å². The van der Waals surface area contributed by atoms with Crippen LogP contribution >= 0.6 is 0 Å². The van der Waals surface area contributed by atoms with Crippen molar-refractivity contribution >= 4 is 28.9 Å². The number of nitrogens with two attached hydrogens (primary N) is 1. The quantitative estimate of drug-likeness (QED) is 0.411. The summed E-state index contributed by atoms with van der Waals surface area (Å²) in [4.78, 5) is 40.6. The van der Waals surface area contributed by atoms with Gasteiger partial charge in [0, 0.05) is 48.6 Å². The average molecular weight is 478 g/mol. The SMILES string of the molecule is CNC(=O)[C@H]1CC[C@H](NC(=O)c2cnn3cc(-c4ccc(C(N)=O)nc4)cc3c2NC(C)C)CC1. The summed E-state index contributed by atoms with van der Waals surface area (Å²) in [6.45, 7) is 4.02. The van der Waals surface area contributed by atoms with Gasteiger partial charge in [0.1, 0.15) is 5.69 Å². The number of nitrogens with zero attached hydrogens (tertiary/aromatic N) is 3. The number of anilines is 1. The lowest BCUT2D eigenvalue weighted by Gasteiger charge is -2.28. The number of fused-ring (bicyclic) bond motifs is 1. The minimum Gasteiger partial charge on any atom is -0.380 e. The van der Waals surface area contributed by atoms with Crippen molar-refractivity contribution in [2.75, 3.05) is 12.4 Å². The number of nitrogens with one attached hydrogen (secondary N) is 3. The van der Waals surface area contributed by atoms with Crippen molar-refractivity contribution in [2.24, 2.45) is 11.7 Å². The molecule has 3 heterocycles. The predicted octanol–water partition coefficient (Wildman–Crippen LogP) is 2.35. The van der Waals surface area contributed by atoms with Gasteiger partial charge < -0.3 is 21.7 Å². The van der Waals surface area contributed by atoms with Crippen LogP contribution in [-0.4, -0.2) is 51.5 Å². The first kappa shape index (κ1) is 24.2. The van der Waals surface area contributed by atoms with Gasteiger partial charge in [-0.3, -0.25) is 19.4 Å². The molecule has 0 aromatic carbocycles. The minimum absolute atomic E-state index is 0.00926. The number of amides is 3. The fraction of sp³-hybridized carbons (Fsp3) is 0.400. The molecular weight excluding hydrogens is 446 g/mol. The Hall–Kier alpha value is -3.95. The summed E-state index contributed by atoms with van der Waals surface area (Å²) in [5.41, 5.74) is 9.04. The monoisotopic (exact) mass is 477 g/mol. The van der Waals surface area contributed by atoms with Gasteiger partial charge in [0.15, 0.2) is 0 Å². The Kier molecular flexibility index (Phi) is 6.99. The number of hydrogen-bond donors (Lipinski definition) is 4. The van der Waals surface area contributed by atoms with E-state index in [2.05, 4.69) is 26.0 Å². The number of primary amides is 1. The molecule has 1 fully saturated rings. The van der Waals surface area contributed by atoms with Crippen molar-refractivity contribution in [3.05, 3.63) is 48.0 Å². The molecule has 1 aliphatic rings. The smallest absolute Gasteiger partial charge is 0.267 e. The summed E-state index contributed by atoms with van der Waals surface area (Å²) >= 11 is 0. The molecule has 10 nitrogen and oxygen atoms in total. The first-order valence-corrected chi connectivity index (χ1v) is 11.8. The van der Waals surface area contributed by atoms with Crippen LogP contribution in [0.25, 0.3) is 16.6 Å². The van der Waals surface area contributed by atoms with E-state index in [9.17, 15) is 14.4 Å². The van der Waals surface area contributed by atoms with E-state index < -0.39 is 5.91 Å². The van der Waals surface area contributed by atoms with E-state index in [4.69, 9.17) is 5.73 Å². The average Bonchev–Trinajstić information content (AvgIpc) is 3.29. The molecule has 3 aromatic rings. The number of carbonyl (C=O) groups is 3. The Balaban J connectivity index is 1.59. The zero-order valence-electron chi connectivity index (χ0n) is 20.2. The molecule has 3 amide bonds. The minimum atomic E-state index is -0.582. The van der Waals surface area contributed by atoms with Gasteiger partial charge in [-0.1, -0.05) is 6.07 Å². The van der Waals surface area contributed by atoms with Gasteiger partial charge in [-0.25, -0.2) is 4.52 Å². The van der Waals surface area contributed by atoms with Crippen molar-refractivity contribution < 1.29 is 14.4 Å². The van der Waals surface area contributed by atoms with Crippen molar-refractivity contribution in [1.82, 2.24) is 25.2 Å². The second-order valence-corrected chi connectivity index (χ2v) is 9.22. The molecular formula is C25H31N7O3. The van der Waals surface area contributed by atoms with E-state index in [1.54, 1.807) is 36.1 Å². The Bertz CT molecular complexity index is 1240. The molecule has 0 atom stereocenters. The van der Waals surface area contributed by atoms with Gasteiger partial charge in [0.05, 0.1) is 23.0 Å². The second-order valence-electron chi connectivity index (χ2n) is 9.22. The predicted molar refractivity (Wildman–Crippen MR) is 133 cm³/mol. The fourth-order valence-electron chi connectivity index (χ4n) is 4.50. The maximum Gasteiger partial charge on any atom is 0.267 e. The normalized spacial score (nSPS) is 17.8. The third-order valence-electron chi connectivity index (χ3n) is 6.34. The number of pyridine rings is 1. The standard InChI is InChI=1S/C25H31N7O3/c1-14(2)30-22-19(25(35)31-18-7-4-15(5-8-18)24(34)27-3)12-29-32-13-17(10-21(22)32)16-6-9-20(23(26)33)28-11-16/h6,9-15,18,30H,4-5,7-8H2,1-3H3,(H2,26,33)(H,27,34)(H,31,35)/t15-,18-. The van der Waals surface area contributed by atoms with E-state index in [-0.39, 0.29) is 35.5 Å². The van der Waals surface area contributed by atoms with Crippen molar-refractivity contribution in [3.8, 4) is 11.1 Å². The van der Waals surface area contributed by atoms with Crippen LogP contribution in [0.2, 0.25) is 0 Å². The zero-order chi connectivity index (χ0) is 25.1. The Morgan fingerprint density at radius 3 is 2.43 bits per heavy atom. The van der Waals surface area contributed by atoms with Gasteiger partial charge >= 0.3 is 0 Å². The third-order valence-corrected chi connectivity index (χ3v) is 6.34. The molecule has 3 aromatic heterocycles. The highest BCUT2D eigenvalue weighted by molar-refractivity contribution is 6.03. The van der Waals surface area contributed by atoms with E-state index in [1.165, 1.54) is 0 Å². The molecule has 5 N–H and O–H groups in total. The summed E-state index contributed by atoms with van der Waals surface area (Å²) < 4.78 is 1.72. The van der Waals surface area contributed by atoms with E-state index >= 15 is 0 Å². The maximum absolute atomic E-state index is 13.3. The van der Waals surface area contributed by atoms with Gasteiger partial charge in [0.25, 0.3) is 11.8 Å². The summed E-state index contributed by atoms with van der Waals surface area (Å²) in [5, 5.41) is 13.7. The van der Waals surface area contributed by atoms with Crippen LogP contribution in [0.15, 0.2) is 36.8 Å². The van der Waals surface area contributed by atoms with Crippen LogP contribution in [0.1, 0.15) is 60.4 Å². The van der Waals surface area contributed by atoms with Gasteiger partial charge in [-0.2, -0.15) is 5.10 Å². The summed E-state index contributed by atoms with van der Waals surface area (Å²) in [5.74, 6) is -0.699. The molecule has 10 heteroatoms. The summed E-state index contributed by atoms with van der Waals surface area (Å²) in [6.07, 6.45) is 8.04. The number of carbonyl (C=O) groups excluding carboxylic acids is 3. The molecule has 184 valence electrons. The first-order valence-electron chi connectivity index (χ1n) is 11.8.